The summed E-state index contributed by atoms with van der Waals surface area (Å²) in [5.74, 6) is 0.473. The highest BCUT2D eigenvalue weighted by Crippen LogP contribution is 2.33. The van der Waals surface area contributed by atoms with Crippen LogP contribution < -0.4 is 5.32 Å². The third kappa shape index (κ3) is 3.28. The maximum Gasteiger partial charge on any atom is 0.0644 e. The highest BCUT2D eigenvalue weighted by atomic mass is 35.5. The van der Waals surface area contributed by atoms with Crippen molar-refractivity contribution in [1.82, 2.24) is 0 Å². The van der Waals surface area contributed by atoms with Crippen LogP contribution in [0.2, 0.25) is 10.0 Å². The second kappa shape index (κ2) is 6.51. The molecule has 1 unspecified atom stereocenters. The van der Waals surface area contributed by atoms with E-state index in [0.717, 1.165) is 11.3 Å². The summed E-state index contributed by atoms with van der Waals surface area (Å²) in [4.78, 5) is 0. The highest BCUT2D eigenvalue weighted by molar-refractivity contribution is 6.42. The quantitative estimate of drug-likeness (QED) is 0.700. The van der Waals surface area contributed by atoms with E-state index in [1.165, 1.54) is 5.56 Å². The molecule has 20 heavy (non-hydrogen) atoms. The Bertz CT molecular complexity index is 593. The van der Waals surface area contributed by atoms with Gasteiger partial charge >= 0.3 is 0 Å². The van der Waals surface area contributed by atoms with E-state index in [1.54, 1.807) is 0 Å². The number of nitrogens with one attached hydrogen (secondary N) is 1. The maximum absolute atomic E-state index is 6.28. The van der Waals surface area contributed by atoms with E-state index in [-0.39, 0.29) is 6.04 Å². The SMILES string of the molecule is CC(C)c1ccccc1NC(C)c1cccc(Cl)c1Cl. The van der Waals surface area contributed by atoms with Gasteiger partial charge in [0.15, 0.2) is 0 Å². The largest absolute Gasteiger partial charge is 0.378 e. The van der Waals surface area contributed by atoms with Gasteiger partial charge in [0.05, 0.1) is 16.1 Å². The fraction of sp³-hybridized carbons (Fsp3) is 0.294. The molecule has 0 radical (unpaired) electrons. The molecule has 0 spiro atoms. The summed E-state index contributed by atoms with van der Waals surface area (Å²) in [6.07, 6.45) is 0. The Hall–Kier alpha value is -1.18. The summed E-state index contributed by atoms with van der Waals surface area (Å²) in [5.41, 5.74) is 3.46. The predicted octanol–water partition coefficient (Wildman–Crippen LogP) is 6.29. The van der Waals surface area contributed by atoms with Gasteiger partial charge in [0.1, 0.15) is 0 Å². The number of benzene rings is 2. The Morgan fingerprint density at radius 2 is 1.50 bits per heavy atom. The first-order valence-electron chi connectivity index (χ1n) is 6.80. The Morgan fingerprint density at radius 1 is 0.850 bits per heavy atom. The normalized spacial score (nSPS) is 12.5. The molecular formula is C17H19Cl2N. The van der Waals surface area contributed by atoms with E-state index in [4.69, 9.17) is 23.2 Å². The van der Waals surface area contributed by atoms with E-state index in [2.05, 4.69) is 44.3 Å². The number of rotatable bonds is 4. The molecule has 0 aliphatic rings. The zero-order valence-electron chi connectivity index (χ0n) is 12.0. The molecule has 2 aromatic rings. The van der Waals surface area contributed by atoms with E-state index in [0.29, 0.717) is 16.0 Å². The fourth-order valence-electron chi connectivity index (χ4n) is 2.30. The first-order chi connectivity index (χ1) is 9.50. The Morgan fingerprint density at radius 3 is 2.20 bits per heavy atom. The number of anilines is 1. The van der Waals surface area contributed by atoms with E-state index in [9.17, 15) is 0 Å². The lowest BCUT2D eigenvalue weighted by Gasteiger charge is -2.21. The highest BCUT2D eigenvalue weighted by Gasteiger charge is 2.14. The summed E-state index contributed by atoms with van der Waals surface area (Å²) in [7, 11) is 0. The van der Waals surface area contributed by atoms with Gasteiger partial charge in [-0.2, -0.15) is 0 Å². The van der Waals surface area contributed by atoms with Crippen LogP contribution in [0.25, 0.3) is 0 Å². The lowest BCUT2D eigenvalue weighted by atomic mass is 10.00. The summed E-state index contributed by atoms with van der Waals surface area (Å²) in [6.45, 7) is 6.48. The van der Waals surface area contributed by atoms with Crippen LogP contribution in [0.1, 0.15) is 43.9 Å². The van der Waals surface area contributed by atoms with Gasteiger partial charge < -0.3 is 5.32 Å². The van der Waals surface area contributed by atoms with Crippen LogP contribution in [0.15, 0.2) is 42.5 Å². The van der Waals surface area contributed by atoms with Crippen molar-refractivity contribution >= 4 is 28.9 Å². The molecule has 0 aliphatic heterocycles. The lowest BCUT2D eigenvalue weighted by Crippen LogP contribution is -2.09. The number of halogens is 2. The van der Waals surface area contributed by atoms with E-state index >= 15 is 0 Å². The minimum Gasteiger partial charge on any atom is -0.378 e. The zero-order valence-corrected chi connectivity index (χ0v) is 13.5. The molecule has 0 fully saturated rings. The van der Waals surface area contributed by atoms with Gasteiger partial charge in [-0.3, -0.25) is 0 Å². The smallest absolute Gasteiger partial charge is 0.0644 e. The van der Waals surface area contributed by atoms with Gasteiger partial charge in [-0.1, -0.05) is 67.4 Å². The maximum atomic E-state index is 6.28. The van der Waals surface area contributed by atoms with Gasteiger partial charge in [0, 0.05) is 5.69 Å². The van der Waals surface area contributed by atoms with Gasteiger partial charge in [0.25, 0.3) is 0 Å². The first kappa shape index (κ1) is 15.2. The molecule has 0 bridgehead atoms. The Labute approximate surface area is 130 Å². The Kier molecular flexibility index (Phi) is 4.95. The van der Waals surface area contributed by atoms with Crippen LogP contribution in [0.3, 0.4) is 0 Å². The van der Waals surface area contributed by atoms with Crippen molar-refractivity contribution < 1.29 is 0 Å². The standard InChI is InChI=1S/C17H19Cl2N/c1-11(2)13-7-4-5-10-16(13)20-12(3)14-8-6-9-15(18)17(14)19/h4-12,20H,1-3H3. The Balaban J connectivity index is 2.28. The van der Waals surface area contributed by atoms with Crippen LogP contribution in [-0.2, 0) is 0 Å². The van der Waals surface area contributed by atoms with Gasteiger partial charge in [0.2, 0.25) is 0 Å². The molecule has 2 aromatic carbocycles. The molecule has 0 aliphatic carbocycles. The molecule has 0 saturated heterocycles. The number of para-hydroxylation sites is 1. The molecule has 106 valence electrons. The fourth-order valence-corrected chi connectivity index (χ4v) is 2.77. The molecule has 1 N–H and O–H groups in total. The average molecular weight is 308 g/mol. The first-order valence-corrected chi connectivity index (χ1v) is 7.55. The summed E-state index contributed by atoms with van der Waals surface area (Å²) in [6, 6.07) is 14.2. The van der Waals surface area contributed by atoms with Crippen molar-refractivity contribution in [3.63, 3.8) is 0 Å². The number of hydrogen-bond acceptors (Lipinski definition) is 1. The molecule has 1 nitrogen and oxygen atoms in total. The molecule has 2 rings (SSSR count). The minimum absolute atomic E-state index is 0.0982. The summed E-state index contributed by atoms with van der Waals surface area (Å²) < 4.78 is 0. The van der Waals surface area contributed by atoms with Crippen LogP contribution in [0.4, 0.5) is 5.69 Å². The van der Waals surface area contributed by atoms with Gasteiger partial charge in [-0.25, -0.2) is 0 Å². The number of hydrogen-bond donors (Lipinski definition) is 1. The molecule has 0 saturated carbocycles. The molecular weight excluding hydrogens is 289 g/mol. The van der Waals surface area contributed by atoms with Gasteiger partial charge in [-0.05, 0) is 36.1 Å². The van der Waals surface area contributed by atoms with E-state index in [1.807, 2.05) is 24.3 Å². The second-order valence-corrected chi connectivity index (χ2v) is 6.04. The van der Waals surface area contributed by atoms with Crippen molar-refractivity contribution in [3.8, 4) is 0 Å². The monoisotopic (exact) mass is 307 g/mol. The third-order valence-electron chi connectivity index (χ3n) is 3.40. The summed E-state index contributed by atoms with van der Waals surface area (Å²) in [5, 5.41) is 4.75. The molecule has 0 heterocycles. The van der Waals surface area contributed by atoms with Crippen LogP contribution >= 0.6 is 23.2 Å². The third-order valence-corrected chi connectivity index (χ3v) is 4.24. The lowest BCUT2D eigenvalue weighted by molar-refractivity contribution is 0.841. The van der Waals surface area contributed by atoms with Crippen molar-refractivity contribution in [1.29, 1.82) is 0 Å². The molecule has 1 atom stereocenters. The summed E-state index contributed by atoms with van der Waals surface area (Å²) >= 11 is 12.4. The van der Waals surface area contributed by atoms with Crippen molar-refractivity contribution in [3.05, 3.63) is 63.6 Å². The van der Waals surface area contributed by atoms with Crippen molar-refractivity contribution in [2.24, 2.45) is 0 Å². The average Bonchev–Trinajstić information content (AvgIpc) is 2.42. The predicted molar refractivity (Wildman–Crippen MR) is 89.0 cm³/mol. The topological polar surface area (TPSA) is 12.0 Å². The molecule has 3 heteroatoms. The van der Waals surface area contributed by atoms with Crippen LogP contribution in [0, 0.1) is 0 Å². The zero-order chi connectivity index (χ0) is 14.7. The minimum atomic E-state index is 0.0982. The van der Waals surface area contributed by atoms with Gasteiger partial charge in [-0.15, -0.1) is 0 Å². The van der Waals surface area contributed by atoms with Crippen molar-refractivity contribution in [2.75, 3.05) is 5.32 Å². The molecule has 0 aromatic heterocycles. The molecule has 0 amide bonds. The van der Waals surface area contributed by atoms with Crippen molar-refractivity contribution in [2.45, 2.75) is 32.7 Å². The van der Waals surface area contributed by atoms with Crippen LogP contribution in [-0.4, -0.2) is 0 Å². The second-order valence-electron chi connectivity index (χ2n) is 5.25. The van der Waals surface area contributed by atoms with Crippen LogP contribution in [0.5, 0.6) is 0 Å². The van der Waals surface area contributed by atoms with E-state index < -0.39 is 0 Å².